The molecule has 1 unspecified atom stereocenters. The highest BCUT2D eigenvalue weighted by Crippen LogP contribution is 2.35. The molecule has 2 rings (SSSR count). The fourth-order valence-corrected chi connectivity index (χ4v) is 1.43. The Morgan fingerprint density at radius 1 is 1.75 bits per heavy atom. The van der Waals surface area contributed by atoms with Crippen LogP contribution < -0.4 is 0 Å². The first kappa shape index (κ1) is 7.15. The largest absolute Gasteiger partial charge is 0.476 e. The fourth-order valence-electron chi connectivity index (χ4n) is 1.43. The van der Waals surface area contributed by atoms with Crippen molar-refractivity contribution in [3.05, 3.63) is 11.5 Å². The maximum atomic E-state index is 10.9. The van der Waals surface area contributed by atoms with Gasteiger partial charge in [-0.1, -0.05) is 0 Å². The molecule has 1 atom stereocenters. The first-order valence-electron chi connectivity index (χ1n) is 3.54. The van der Waals surface area contributed by atoms with Crippen molar-refractivity contribution in [1.29, 1.82) is 0 Å². The molecule has 0 aliphatic carbocycles. The second-order valence-corrected chi connectivity index (χ2v) is 2.75. The predicted molar refractivity (Wildman–Crippen MR) is 36.7 cm³/mol. The van der Waals surface area contributed by atoms with Gasteiger partial charge in [0, 0.05) is 0 Å². The van der Waals surface area contributed by atoms with Gasteiger partial charge in [-0.05, 0) is 6.92 Å². The first-order valence-corrected chi connectivity index (χ1v) is 3.54. The summed E-state index contributed by atoms with van der Waals surface area (Å²) in [5.41, 5.74) is -0.0174. The number of amides is 1. The van der Waals surface area contributed by atoms with E-state index in [-0.39, 0.29) is 24.3 Å². The Bertz CT molecular complexity index is 307. The number of carboxylic acid groups (broad SMARTS) is 1. The quantitative estimate of drug-likeness (QED) is 0.556. The molecule has 0 spiro atoms. The molecule has 2 aliphatic rings. The highest BCUT2D eigenvalue weighted by Gasteiger charge is 2.48. The van der Waals surface area contributed by atoms with Crippen molar-refractivity contribution < 1.29 is 19.4 Å². The number of rotatable bonds is 1. The van der Waals surface area contributed by atoms with Crippen molar-refractivity contribution in [2.75, 3.05) is 0 Å². The first-order chi connectivity index (χ1) is 5.61. The summed E-state index contributed by atoms with van der Waals surface area (Å²) in [5, 5.41) is 8.69. The SMILES string of the molecule is CC1=C(C(=O)O)N2C(=O)CC2O1. The molecule has 0 bridgehead atoms. The predicted octanol–water partition coefficient (Wildman–Crippen LogP) is -0.109. The molecule has 64 valence electrons. The average molecular weight is 169 g/mol. The molecule has 12 heavy (non-hydrogen) atoms. The van der Waals surface area contributed by atoms with Crippen molar-refractivity contribution >= 4 is 11.9 Å². The van der Waals surface area contributed by atoms with Gasteiger partial charge in [0.25, 0.3) is 0 Å². The molecule has 1 saturated heterocycles. The summed E-state index contributed by atoms with van der Waals surface area (Å²) in [5.74, 6) is -0.976. The lowest BCUT2D eigenvalue weighted by Gasteiger charge is -2.32. The summed E-state index contributed by atoms with van der Waals surface area (Å²) in [6.07, 6.45) is -0.0719. The second kappa shape index (κ2) is 2.00. The Hall–Kier alpha value is -1.52. The number of allylic oxidation sites excluding steroid dienone is 1. The molecule has 5 nitrogen and oxygen atoms in total. The van der Waals surface area contributed by atoms with Gasteiger partial charge in [-0.25, -0.2) is 4.79 Å². The van der Waals surface area contributed by atoms with Crippen LogP contribution in [0.2, 0.25) is 0 Å². The van der Waals surface area contributed by atoms with Crippen LogP contribution in [0, 0.1) is 0 Å². The maximum absolute atomic E-state index is 10.9. The third kappa shape index (κ3) is 0.677. The number of carboxylic acids is 1. The van der Waals surface area contributed by atoms with E-state index in [9.17, 15) is 9.59 Å². The summed E-state index contributed by atoms with van der Waals surface area (Å²) in [7, 11) is 0. The van der Waals surface area contributed by atoms with Crippen molar-refractivity contribution in [2.24, 2.45) is 0 Å². The van der Waals surface area contributed by atoms with Gasteiger partial charge in [-0.15, -0.1) is 0 Å². The highest BCUT2D eigenvalue weighted by molar-refractivity contribution is 5.97. The zero-order valence-corrected chi connectivity index (χ0v) is 6.40. The molecule has 2 aliphatic heterocycles. The molecule has 0 aromatic carbocycles. The van der Waals surface area contributed by atoms with Crippen LogP contribution in [0.4, 0.5) is 0 Å². The van der Waals surface area contributed by atoms with E-state index in [4.69, 9.17) is 9.84 Å². The number of ether oxygens (including phenoxy) is 1. The van der Waals surface area contributed by atoms with E-state index < -0.39 is 5.97 Å². The fraction of sp³-hybridized carbons (Fsp3) is 0.429. The number of carbonyl (C=O) groups is 2. The van der Waals surface area contributed by atoms with Crippen LogP contribution >= 0.6 is 0 Å². The molecule has 1 fully saturated rings. The summed E-state index contributed by atoms with van der Waals surface area (Å²) in [4.78, 5) is 22.7. The van der Waals surface area contributed by atoms with Gasteiger partial charge in [0.05, 0.1) is 6.42 Å². The Morgan fingerprint density at radius 2 is 2.42 bits per heavy atom. The Kier molecular flexibility index (Phi) is 1.19. The number of carbonyl (C=O) groups excluding carboxylic acids is 1. The topological polar surface area (TPSA) is 66.8 Å². The van der Waals surface area contributed by atoms with Gasteiger partial charge < -0.3 is 9.84 Å². The molecule has 0 saturated carbocycles. The normalized spacial score (nSPS) is 26.6. The molecule has 0 aromatic rings. The molecule has 5 heteroatoms. The van der Waals surface area contributed by atoms with Crippen molar-refractivity contribution in [2.45, 2.75) is 19.6 Å². The summed E-state index contributed by atoms with van der Waals surface area (Å²) < 4.78 is 5.11. The van der Waals surface area contributed by atoms with Crippen LogP contribution in [0.5, 0.6) is 0 Å². The zero-order valence-electron chi connectivity index (χ0n) is 6.40. The lowest BCUT2D eigenvalue weighted by molar-refractivity contribution is -0.158. The Labute approximate surface area is 68.2 Å². The maximum Gasteiger partial charge on any atom is 0.356 e. The summed E-state index contributed by atoms with van der Waals surface area (Å²) >= 11 is 0. The number of nitrogens with zero attached hydrogens (tertiary/aromatic N) is 1. The third-order valence-electron chi connectivity index (χ3n) is 2.00. The second-order valence-electron chi connectivity index (χ2n) is 2.75. The Balaban J connectivity index is 2.34. The van der Waals surface area contributed by atoms with Gasteiger partial charge in [-0.2, -0.15) is 0 Å². The van der Waals surface area contributed by atoms with Crippen LogP contribution in [0.3, 0.4) is 0 Å². The summed E-state index contributed by atoms with van der Waals surface area (Å²) in [6, 6.07) is 0. The van der Waals surface area contributed by atoms with Crippen LogP contribution in [-0.2, 0) is 14.3 Å². The van der Waals surface area contributed by atoms with E-state index >= 15 is 0 Å². The lowest BCUT2D eigenvalue weighted by Crippen LogP contribution is -2.50. The van der Waals surface area contributed by atoms with Gasteiger partial charge in [0.15, 0.2) is 11.9 Å². The van der Waals surface area contributed by atoms with E-state index in [0.717, 1.165) is 0 Å². The molecule has 0 radical (unpaired) electrons. The minimum absolute atomic E-state index is 0.0174. The molecular formula is C7H7NO4. The van der Waals surface area contributed by atoms with Crippen LogP contribution in [0.15, 0.2) is 11.5 Å². The van der Waals surface area contributed by atoms with Crippen molar-refractivity contribution in [3.63, 3.8) is 0 Å². The zero-order chi connectivity index (χ0) is 8.88. The number of hydrogen-bond acceptors (Lipinski definition) is 3. The van der Waals surface area contributed by atoms with Crippen LogP contribution in [-0.4, -0.2) is 28.1 Å². The minimum Gasteiger partial charge on any atom is -0.476 e. The Morgan fingerprint density at radius 3 is 2.83 bits per heavy atom. The number of fused-ring (bicyclic) bond motifs is 1. The molecule has 2 heterocycles. The van der Waals surface area contributed by atoms with Crippen molar-refractivity contribution in [3.8, 4) is 0 Å². The van der Waals surface area contributed by atoms with Crippen LogP contribution in [0.25, 0.3) is 0 Å². The average Bonchev–Trinajstić information content (AvgIpc) is 2.22. The van der Waals surface area contributed by atoms with E-state index in [1.54, 1.807) is 6.92 Å². The van der Waals surface area contributed by atoms with Crippen molar-refractivity contribution in [1.82, 2.24) is 4.90 Å². The third-order valence-corrected chi connectivity index (χ3v) is 2.00. The van der Waals surface area contributed by atoms with E-state index in [1.165, 1.54) is 4.90 Å². The summed E-state index contributed by atoms with van der Waals surface area (Å²) in [6.45, 7) is 1.55. The lowest BCUT2D eigenvalue weighted by atomic mass is 10.1. The highest BCUT2D eigenvalue weighted by atomic mass is 16.5. The van der Waals surface area contributed by atoms with E-state index in [2.05, 4.69) is 0 Å². The monoisotopic (exact) mass is 169 g/mol. The molecule has 1 N–H and O–H groups in total. The number of β-lactam (4-membered cyclic amide) rings is 1. The minimum atomic E-state index is -1.11. The van der Waals surface area contributed by atoms with Crippen LogP contribution in [0.1, 0.15) is 13.3 Å². The smallest absolute Gasteiger partial charge is 0.356 e. The van der Waals surface area contributed by atoms with Gasteiger partial charge in [-0.3, -0.25) is 9.69 Å². The molecule has 1 amide bonds. The number of aliphatic carboxylic acids is 1. The van der Waals surface area contributed by atoms with E-state index in [1.807, 2.05) is 0 Å². The molecular weight excluding hydrogens is 162 g/mol. The van der Waals surface area contributed by atoms with Gasteiger partial charge in [0.1, 0.15) is 5.76 Å². The van der Waals surface area contributed by atoms with Gasteiger partial charge in [0.2, 0.25) is 5.91 Å². The molecule has 0 aromatic heterocycles. The van der Waals surface area contributed by atoms with Gasteiger partial charge >= 0.3 is 5.97 Å². The number of hydrogen-bond donors (Lipinski definition) is 1. The standard InChI is InChI=1S/C7H7NO4/c1-3-6(7(10)11)8-4(9)2-5(8)12-3/h5H,2H2,1H3,(H,10,11). The van der Waals surface area contributed by atoms with E-state index in [0.29, 0.717) is 5.76 Å².